The van der Waals surface area contributed by atoms with Gasteiger partial charge in [-0.05, 0) is 38.0 Å². The first-order valence-electron chi connectivity index (χ1n) is 9.29. The Labute approximate surface area is 157 Å². The number of aromatic nitrogens is 1. The number of hydrogen-bond donors (Lipinski definition) is 2. The van der Waals surface area contributed by atoms with Crippen LogP contribution in [0.1, 0.15) is 43.6 Å². The summed E-state index contributed by atoms with van der Waals surface area (Å²) in [6, 6.07) is 6.14. The SMILES string of the molecule is Cc1oc(-c2cccc(F)c2)nc1CC(=O)NCC(=O)NC1CCCCC1. The number of hydrogen-bond acceptors (Lipinski definition) is 4. The monoisotopic (exact) mass is 373 g/mol. The molecule has 1 heterocycles. The van der Waals surface area contributed by atoms with Crippen molar-refractivity contribution in [3.8, 4) is 11.5 Å². The topological polar surface area (TPSA) is 84.2 Å². The highest BCUT2D eigenvalue weighted by Crippen LogP contribution is 2.22. The van der Waals surface area contributed by atoms with Gasteiger partial charge in [0.15, 0.2) is 0 Å². The van der Waals surface area contributed by atoms with E-state index < -0.39 is 0 Å². The average Bonchev–Trinajstić information content (AvgIpc) is 3.01. The van der Waals surface area contributed by atoms with Gasteiger partial charge in [-0.15, -0.1) is 0 Å². The number of carbonyl (C=O) groups is 2. The zero-order valence-corrected chi connectivity index (χ0v) is 15.4. The largest absolute Gasteiger partial charge is 0.441 e. The number of aryl methyl sites for hydroxylation is 1. The zero-order valence-electron chi connectivity index (χ0n) is 15.4. The van der Waals surface area contributed by atoms with Crippen molar-refractivity contribution < 1.29 is 18.4 Å². The van der Waals surface area contributed by atoms with Crippen molar-refractivity contribution in [2.75, 3.05) is 6.54 Å². The molecule has 1 aliphatic rings. The van der Waals surface area contributed by atoms with Crippen molar-refractivity contribution in [3.63, 3.8) is 0 Å². The van der Waals surface area contributed by atoms with Crippen molar-refractivity contribution in [1.29, 1.82) is 0 Å². The predicted molar refractivity (Wildman–Crippen MR) is 98.4 cm³/mol. The van der Waals surface area contributed by atoms with Crippen molar-refractivity contribution in [2.45, 2.75) is 51.5 Å². The highest BCUT2D eigenvalue weighted by molar-refractivity contribution is 5.85. The molecule has 0 saturated heterocycles. The molecule has 27 heavy (non-hydrogen) atoms. The van der Waals surface area contributed by atoms with Gasteiger partial charge in [-0.2, -0.15) is 0 Å². The minimum atomic E-state index is -0.383. The van der Waals surface area contributed by atoms with Crippen LogP contribution in [0.4, 0.5) is 4.39 Å². The Bertz CT molecular complexity index is 813. The molecule has 2 aromatic rings. The van der Waals surface area contributed by atoms with Crippen LogP contribution in [0.15, 0.2) is 28.7 Å². The first kappa shape index (κ1) is 19.1. The number of halogens is 1. The number of benzene rings is 1. The Kier molecular flexibility index (Phi) is 6.21. The van der Waals surface area contributed by atoms with Crippen LogP contribution in [-0.4, -0.2) is 29.4 Å². The Hall–Kier alpha value is -2.70. The van der Waals surface area contributed by atoms with Crippen LogP contribution in [0, 0.1) is 12.7 Å². The molecular weight excluding hydrogens is 349 g/mol. The molecule has 0 radical (unpaired) electrons. The molecule has 1 saturated carbocycles. The lowest BCUT2D eigenvalue weighted by Gasteiger charge is -2.22. The van der Waals surface area contributed by atoms with E-state index in [-0.39, 0.29) is 42.5 Å². The van der Waals surface area contributed by atoms with Gasteiger partial charge in [0.1, 0.15) is 11.6 Å². The Morgan fingerprint density at radius 2 is 2.00 bits per heavy atom. The summed E-state index contributed by atoms with van der Waals surface area (Å²) in [7, 11) is 0. The summed E-state index contributed by atoms with van der Waals surface area (Å²) in [6.07, 6.45) is 5.49. The molecular formula is C20H24FN3O3. The zero-order chi connectivity index (χ0) is 19.2. The Morgan fingerprint density at radius 3 is 2.74 bits per heavy atom. The maximum Gasteiger partial charge on any atom is 0.239 e. The van der Waals surface area contributed by atoms with Crippen LogP contribution in [0.2, 0.25) is 0 Å². The molecule has 144 valence electrons. The molecule has 1 fully saturated rings. The maximum absolute atomic E-state index is 13.3. The number of nitrogens with zero attached hydrogens (tertiary/aromatic N) is 1. The molecule has 1 aromatic heterocycles. The summed E-state index contributed by atoms with van der Waals surface area (Å²) in [5.41, 5.74) is 0.982. The van der Waals surface area contributed by atoms with Gasteiger partial charge >= 0.3 is 0 Å². The van der Waals surface area contributed by atoms with Gasteiger partial charge in [-0.1, -0.05) is 25.3 Å². The fourth-order valence-corrected chi connectivity index (χ4v) is 3.26. The Morgan fingerprint density at radius 1 is 1.22 bits per heavy atom. The molecule has 1 aromatic carbocycles. The minimum absolute atomic E-state index is 0.00135. The lowest BCUT2D eigenvalue weighted by atomic mass is 9.95. The number of carbonyl (C=O) groups excluding carboxylic acids is 2. The van der Waals surface area contributed by atoms with E-state index >= 15 is 0 Å². The third-order valence-electron chi connectivity index (χ3n) is 4.71. The van der Waals surface area contributed by atoms with E-state index in [1.165, 1.54) is 18.6 Å². The second-order valence-corrected chi connectivity index (χ2v) is 6.89. The van der Waals surface area contributed by atoms with Crippen molar-refractivity contribution in [3.05, 3.63) is 41.5 Å². The molecule has 0 spiro atoms. The number of oxazole rings is 1. The van der Waals surface area contributed by atoms with Crippen LogP contribution in [0.25, 0.3) is 11.5 Å². The van der Waals surface area contributed by atoms with Crippen molar-refractivity contribution in [1.82, 2.24) is 15.6 Å². The summed E-state index contributed by atoms with van der Waals surface area (Å²) in [6.45, 7) is 1.65. The molecule has 7 heteroatoms. The van der Waals surface area contributed by atoms with Gasteiger partial charge < -0.3 is 15.1 Å². The summed E-state index contributed by atoms with van der Waals surface area (Å²) >= 11 is 0. The van der Waals surface area contributed by atoms with E-state index in [1.54, 1.807) is 19.1 Å². The lowest BCUT2D eigenvalue weighted by molar-refractivity contribution is -0.126. The summed E-state index contributed by atoms with van der Waals surface area (Å²) in [4.78, 5) is 28.4. The summed E-state index contributed by atoms with van der Waals surface area (Å²) in [5.74, 6) is -0.101. The van der Waals surface area contributed by atoms with E-state index in [9.17, 15) is 14.0 Å². The molecule has 0 atom stereocenters. The third-order valence-corrected chi connectivity index (χ3v) is 4.71. The minimum Gasteiger partial charge on any atom is -0.441 e. The third kappa shape index (κ3) is 5.39. The second-order valence-electron chi connectivity index (χ2n) is 6.89. The molecule has 3 rings (SSSR count). The van der Waals surface area contributed by atoms with E-state index in [4.69, 9.17) is 4.42 Å². The van der Waals surface area contributed by atoms with E-state index in [2.05, 4.69) is 15.6 Å². The molecule has 2 N–H and O–H groups in total. The summed E-state index contributed by atoms with van der Waals surface area (Å²) < 4.78 is 18.9. The van der Waals surface area contributed by atoms with Gasteiger partial charge in [0.2, 0.25) is 17.7 Å². The van der Waals surface area contributed by atoms with Crippen LogP contribution in [-0.2, 0) is 16.0 Å². The van der Waals surface area contributed by atoms with Crippen LogP contribution < -0.4 is 10.6 Å². The standard InChI is InChI=1S/C20H24FN3O3/c1-13-17(24-20(27-13)14-6-5-7-15(21)10-14)11-18(25)22-12-19(26)23-16-8-3-2-4-9-16/h5-7,10,16H,2-4,8-9,11-12H2,1H3,(H,22,25)(H,23,26). The molecule has 0 unspecified atom stereocenters. The van der Waals surface area contributed by atoms with Gasteiger partial charge in [-0.3, -0.25) is 9.59 Å². The van der Waals surface area contributed by atoms with Gasteiger partial charge in [-0.25, -0.2) is 9.37 Å². The number of nitrogens with one attached hydrogen (secondary N) is 2. The number of amides is 2. The highest BCUT2D eigenvalue weighted by Gasteiger charge is 2.18. The highest BCUT2D eigenvalue weighted by atomic mass is 19.1. The number of rotatable bonds is 6. The molecule has 1 aliphatic carbocycles. The normalized spacial score (nSPS) is 14.7. The van der Waals surface area contributed by atoms with E-state index in [1.807, 2.05) is 0 Å². The van der Waals surface area contributed by atoms with Gasteiger partial charge in [0.25, 0.3) is 0 Å². The van der Waals surface area contributed by atoms with E-state index in [0.717, 1.165) is 25.7 Å². The summed E-state index contributed by atoms with van der Waals surface area (Å²) in [5, 5.41) is 5.57. The van der Waals surface area contributed by atoms with Crippen molar-refractivity contribution >= 4 is 11.8 Å². The van der Waals surface area contributed by atoms with Crippen LogP contribution in [0.5, 0.6) is 0 Å². The fourth-order valence-electron chi connectivity index (χ4n) is 3.26. The predicted octanol–water partition coefficient (Wildman–Crippen LogP) is 2.90. The smallest absolute Gasteiger partial charge is 0.239 e. The second kappa shape index (κ2) is 8.79. The van der Waals surface area contributed by atoms with Gasteiger partial charge in [0, 0.05) is 11.6 Å². The van der Waals surface area contributed by atoms with Crippen LogP contribution in [0.3, 0.4) is 0 Å². The molecule has 6 nitrogen and oxygen atoms in total. The first-order valence-corrected chi connectivity index (χ1v) is 9.29. The molecule has 0 aliphatic heterocycles. The first-order chi connectivity index (χ1) is 13.0. The quantitative estimate of drug-likeness (QED) is 0.815. The molecule has 0 bridgehead atoms. The maximum atomic E-state index is 13.3. The van der Waals surface area contributed by atoms with Crippen molar-refractivity contribution in [2.24, 2.45) is 0 Å². The fraction of sp³-hybridized carbons (Fsp3) is 0.450. The lowest BCUT2D eigenvalue weighted by Crippen LogP contribution is -2.43. The van der Waals surface area contributed by atoms with Crippen LogP contribution >= 0.6 is 0 Å². The Balaban J connectivity index is 1.51. The molecule has 2 amide bonds. The average molecular weight is 373 g/mol. The van der Waals surface area contributed by atoms with Gasteiger partial charge in [0.05, 0.1) is 18.7 Å². The van der Waals surface area contributed by atoms with E-state index in [0.29, 0.717) is 17.0 Å².